The summed E-state index contributed by atoms with van der Waals surface area (Å²) in [6.45, 7) is 1.70. The molecule has 22 heavy (non-hydrogen) atoms. The minimum atomic E-state index is -0.536. The minimum Gasteiger partial charge on any atom is -0.495 e. The van der Waals surface area contributed by atoms with Gasteiger partial charge in [0.2, 0.25) is 5.91 Å². The second-order valence-corrected chi connectivity index (χ2v) is 5.09. The van der Waals surface area contributed by atoms with Gasteiger partial charge in [-0.15, -0.1) is 0 Å². The van der Waals surface area contributed by atoms with E-state index in [1.807, 2.05) is 6.07 Å². The van der Waals surface area contributed by atoms with Crippen molar-refractivity contribution in [3.05, 3.63) is 53.3 Å². The number of halogens is 2. The van der Waals surface area contributed by atoms with Crippen molar-refractivity contribution in [2.75, 3.05) is 17.7 Å². The highest BCUT2D eigenvalue weighted by Crippen LogP contribution is 2.24. The van der Waals surface area contributed by atoms with Crippen LogP contribution < -0.4 is 15.4 Å². The van der Waals surface area contributed by atoms with Gasteiger partial charge in [-0.2, -0.15) is 0 Å². The van der Waals surface area contributed by atoms with Gasteiger partial charge >= 0.3 is 0 Å². The molecular formula is C16H16ClFN2O2. The summed E-state index contributed by atoms with van der Waals surface area (Å²) in [6, 6.07) is 10.8. The summed E-state index contributed by atoms with van der Waals surface area (Å²) in [5.74, 6) is -0.170. The Morgan fingerprint density at radius 1 is 1.27 bits per heavy atom. The highest BCUT2D eigenvalue weighted by molar-refractivity contribution is 6.31. The molecule has 4 nitrogen and oxygen atoms in total. The smallest absolute Gasteiger partial charge is 0.246 e. The van der Waals surface area contributed by atoms with E-state index in [-0.39, 0.29) is 10.9 Å². The van der Waals surface area contributed by atoms with Gasteiger partial charge in [0.05, 0.1) is 17.8 Å². The largest absolute Gasteiger partial charge is 0.495 e. The zero-order valence-corrected chi connectivity index (χ0v) is 12.9. The van der Waals surface area contributed by atoms with Crippen molar-refractivity contribution in [1.29, 1.82) is 0 Å². The number of rotatable bonds is 5. The molecule has 0 fully saturated rings. The molecule has 0 aromatic heterocycles. The standard InChI is InChI=1S/C16H16ClFN2O2/c1-10(19-11-7-8-13(18)12(17)9-11)16(21)20-14-5-3-4-6-15(14)22-2/h3-10,19H,1-2H3,(H,20,21)/t10-/m1/s1. The molecule has 0 saturated carbocycles. The van der Waals surface area contributed by atoms with Gasteiger partial charge in [-0.25, -0.2) is 4.39 Å². The zero-order valence-electron chi connectivity index (χ0n) is 12.2. The molecule has 2 N–H and O–H groups in total. The number of hydrogen-bond donors (Lipinski definition) is 2. The monoisotopic (exact) mass is 322 g/mol. The molecular weight excluding hydrogens is 307 g/mol. The first kappa shape index (κ1) is 16.1. The Morgan fingerprint density at radius 3 is 2.68 bits per heavy atom. The van der Waals surface area contributed by atoms with Crippen LogP contribution in [0.25, 0.3) is 0 Å². The normalized spacial score (nSPS) is 11.6. The molecule has 0 spiro atoms. The maximum Gasteiger partial charge on any atom is 0.246 e. The van der Waals surface area contributed by atoms with Crippen LogP contribution >= 0.6 is 11.6 Å². The van der Waals surface area contributed by atoms with Gasteiger partial charge < -0.3 is 15.4 Å². The van der Waals surface area contributed by atoms with Crippen LogP contribution in [0.4, 0.5) is 15.8 Å². The van der Waals surface area contributed by atoms with Crippen LogP contribution in [-0.4, -0.2) is 19.1 Å². The maximum absolute atomic E-state index is 13.1. The van der Waals surface area contributed by atoms with Gasteiger partial charge in [0.1, 0.15) is 17.6 Å². The molecule has 1 atom stereocenters. The Kier molecular flexibility index (Phi) is 5.22. The molecule has 2 aromatic carbocycles. The fourth-order valence-electron chi connectivity index (χ4n) is 1.89. The lowest BCUT2D eigenvalue weighted by Gasteiger charge is -2.16. The average Bonchev–Trinajstić information content (AvgIpc) is 2.51. The first-order valence-electron chi connectivity index (χ1n) is 6.66. The Hall–Kier alpha value is -2.27. The van der Waals surface area contributed by atoms with Crippen LogP contribution in [0.3, 0.4) is 0 Å². The van der Waals surface area contributed by atoms with E-state index in [0.717, 1.165) is 0 Å². The number of carbonyl (C=O) groups is 1. The molecule has 0 saturated heterocycles. The fraction of sp³-hybridized carbons (Fsp3) is 0.188. The van der Waals surface area contributed by atoms with Crippen molar-refractivity contribution in [2.24, 2.45) is 0 Å². The van der Waals surface area contributed by atoms with E-state index < -0.39 is 11.9 Å². The van der Waals surface area contributed by atoms with Gasteiger partial charge in [0.15, 0.2) is 0 Å². The van der Waals surface area contributed by atoms with Gasteiger partial charge in [0, 0.05) is 5.69 Å². The number of methoxy groups -OCH3 is 1. The summed E-state index contributed by atoms with van der Waals surface area (Å²) < 4.78 is 18.3. The summed E-state index contributed by atoms with van der Waals surface area (Å²) in [5, 5.41) is 5.74. The molecule has 2 rings (SSSR count). The second kappa shape index (κ2) is 7.13. The maximum atomic E-state index is 13.1. The molecule has 116 valence electrons. The number of anilines is 2. The number of nitrogens with one attached hydrogen (secondary N) is 2. The van der Waals surface area contributed by atoms with E-state index in [4.69, 9.17) is 16.3 Å². The molecule has 0 aliphatic heterocycles. The van der Waals surface area contributed by atoms with Crippen molar-refractivity contribution in [3.63, 3.8) is 0 Å². The lowest BCUT2D eigenvalue weighted by molar-refractivity contribution is -0.116. The van der Waals surface area contributed by atoms with E-state index in [2.05, 4.69) is 10.6 Å². The first-order valence-corrected chi connectivity index (χ1v) is 7.04. The third-order valence-corrected chi connectivity index (χ3v) is 3.35. The molecule has 0 bridgehead atoms. The van der Waals surface area contributed by atoms with Crippen LogP contribution in [0, 0.1) is 5.82 Å². The summed E-state index contributed by atoms with van der Waals surface area (Å²) in [7, 11) is 1.53. The van der Waals surface area contributed by atoms with Gasteiger partial charge in [-0.1, -0.05) is 23.7 Å². The minimum absolute atomic E-state index is 0.00216. The molecule has 0 aliphatic rings. The topological polar surface area (TPSA) is 50.4 Å². The third kappa shape index (κ3) is 3.89. The van der Waals surface area contributed by atoms with Crippen molar-refractivity contribution in [2.45, 2.75) is 13.0 Å². The summed E-state index contributed by atoms with van der Waals surface area (Å²) in [5.41, 5.74) is 1.15. The molecule has 1 amide bonds. The lowest BCUT2D eigenvalue weighted by atomic mass is 10.2. The van der Waals surface area contributed by atoms with E-state index in [9.17, 15) is 9.18 Å². The van der Waals surface area contributed by atoms with Crippen molar-refractivity contribution in [1.82, 2.24) is 0 Å². The van der Waals surface area contributed by atoms with E-state index in [1.165, 1.54) is 25.3 Å². The van der Waals surface area contributed by atoms with Gasteiger partial charge in [-0.3, -0.25) is 4.79 Å². The van der Waals surface area contributed by atoms with E-state index in [0.29, 0.717) is 17.1 Å². The van der Waals surface area contributed by atoms with E-state index >= 15 is 0 Å². The lowest BCUT2D eigenvalue weighted by Crippen LogP contribution is -2.32. The Labute approximate surface area is 133 Å². The molecule has 0 unspecified atom stereocenters. The van der Waals surface area contributed by atoms with Gasteiger partial charge in [-0.05, 0) is 37.3 Å². The van der Waals surface area contributed by atoms with Crippen molar-refractivity contribution >= 4 is 28.9 Å². The van der Waals surface area contributed by atoms with Crippen molar-refractivity contribution < 1.29 is 13.9 Å². The predicted octanol–water partition coefficient (Wildman–Crippen LogP) is 3.93. The summed E-state index contributed by atoms with van der Waals surface area (Å²) >= 11 is 5.71. The number of para-hydroxylation sites is 2. The highest BCUT2D eigenvalue weighted by Gasteiger charge is 2.15. The SMILES string of the molecule is COc1ccccc1NC(=O)[C@@H](C)Nc1ccc(F)c(Cl)c1. The van der Waals surface area contributed by atoms with Crippen LogP contribution in [0.1, 0.15) is 6.92 Å². The molecule has 2 aromatic rings. The first-order chi connectivity index (χ1) is 10.5. The van der Waals surface area contributed by atoms with Crippen LogP contribution in [0.2, 0.25) is 5.02 Å². The molecule has 0 heterocycles. The number of carbonyl (C=O) groups excluding carboxylic acids is 1. The summed E-state index contributed by atoms with van der Waals surface area (Å²) in [6.07, 6.45) is 0. The van der Waals surface area contributed by atoms with Crippen LogP contribution in [-0.2, 0) is 4.79 Å². The number of benzene rings is 2. The Bertz CT molecular complexity index is 679. The number of amides is 1. The van der Waals surface area contributed by atoms with Crippen LogP contribution in [0.5, 0.6) is 5.75 Å². The quantitative estimate of drug-likeness (QED) is 0.877. The number of ether oxygens (including phenoxy) is 1. The third-order valence-electron chi connectivity index (χ3n) is 3.06. The highest BCUT2D eigenvalue weighted by atomic mass is 35.5. The fourth-order valence-corrected chi connectivity index (χ4v) is 2.07. The molecule has 6 heteroatoms. The Balaban J connectivity index is 2.04. The van der Waals surface area contributed by atoms with Crippen molar-refractivity contribution in [3.8, 4) is 5.75 Å². The predicted molar refractivity (Wildman–Crippen MR) is 86.1 cm³/mol. The van der Waals surface area contributed by atoms with E-state index in [1.54, 1.807) is 25.1 Å². The molecule has 0 aliphatic carbocycles. The number of hydrogen-bond acceptors (Lipinski definition) is 3. The Morgan fingerprint density at radius 2 is 2.00 bits per heavy atom. The van der Waals surface area contributed by atoms with Gasteiger partial charge in [0.25, 0.3) is 0 Å². The second-order valence-electron chi connectivity index (χ2n) is 4.68. The zero-order chi connectivity index (χ0) is 16.1. The summed E-state index contributed by atoms with van der Waals surface area (Å²) in [4.78, 5) is 12.2. The average molecular weight is 323 g/mol. The van der Waals surface area contributed by atoms with Crippen LogP contribution in [0.15, 0.2) is 42.5 Å². The molecule has 0 radical (unpaired) electrons.